The average molecular weight is 518 g/mol. The van der Waals surface area contributed by atoms with Crippen molar-refractivity contribution in [3.63, 3.8) is 0 Å². The predicted octanol–water partition coefficient (Wildman–Crippen LogP) is 7.09. The number of hydrogen-bond acceptors (Lipinski definition) is 4. The number of thioether (sulfide) groups is 1. The Balaban J connectivity index is 1.36. The second-order valence-corrected chi connectivity index (χ2v) is 10.2. The van der Waals surface area contributed by atoms with Gasteiger partial charge in [0.2, 0.25) is 0 Å². The van der Waals surface area contributed by atoms with Crippen molar-refractivity contribution in [1.29, 1.82) is 0 Å². The molecule has 0 unspecified atom stereocenters. The molecule has 4 aromatic carbocycles. The van der Waals surface area contributed by atoms with Gasteiger partial charge in [0.25, 0.3) is 5.91 Å². The number of ether oxygens (including phenoxy) is 1. The fourth-order valence-corrected chi connectivity index (χ4v) is 5.80. The molecule has 6 rings (SSSR count). The molecule has 5 nitrogen and oxygen atoms in total. The monoisotopic (exact) mass is 517 g/mol. The van der Waals surface area contributed by atoms with Gasteiger partial charge in [-0.2, -0.15) is 0 Å². The summed E-state index contributed by atoms with van der Waals surface area (Å²) in [6, 6.07) is 33.1. The Kier molecular flexibility index (Phi) is 6.82. The van der Waals surface area contributed by atoms with E-state index in [1.54, 1.807) is 12.0 Å². The molecule has 0 radical (unpaired) electrons. The Morgan fingerprint density at radius 2 is 1.66 bits per heavy atom. The van der Waals surface area contributed by atoms with Crippen LogP contribution in [-0.4, -0.2) is 40.8 Å². The van der Waals surface area contributed by atoms with Crippen LogP contribution in [0.1, 0.15) is 11.1 Å². The summed E-state index contributed by atoms with van der Waals surface area (Å²) in [5, 5.41) is 4.26. The minimum atomic E-state index is -0.0481. The highest BCUT2D eigenvalue weighted by Crippen LogP contribution is 2.35. The van der Waals surface area contributed by atoms with E-state index in [9.17, 15) is 4.79 Å². The van der Waals surface area contributed by atoms with Crippen LogP contribution in [0.5, 0.6) is 0 Å². The molecule has 1 amide bonds. The molecule has 188 valence electrons. The Hall–Kier alpha value is -4.13. The lowest BCUT2D eigenvalue weighted by atomic mass is 10.1. The van der Waals surface area contributed by atoms with Crippen molar-refractivity contribution in [3.8, 4) is 0 Å². The van der Waals surface area contributed by atoms with E-state index in [2.05, 4.69) is 71.4 Å². The van der Waals surface area contributed by atoms with Crippen molar-refractivity contribution in [2.75, 3.05) is 20.3 Å². The summed E-state index contributed by atoms with van der Waals surface area (Å²) in [5.41, 5.74) is 4.21. The number of fused-ring (bicyclic) bond motifs is 2. The second-order valence-electron chi connectivity index (χ2n) is 9.20. The Morgan fingerprint density at radius 1 is 0.895 bits per heavy atom. The topological polar surface area (TPSA) is 46.8 Å². The van der Waals surface area contributed by atoms with Gasteiger partial charge in [-0.05, 0) is 58.4 Å². The Bertz CT molecular complexity index is 1690. The van der Waals surface area contributed by atoms with Crippen LogP contribution in [0.25, 0.3) is 27.8 Å². The van der Waals surface area contributed by atoms with Crippen molar-refractivity contribution >= 4 is 56.3 Å². The van der Waals surface area contributed by atoms with Crippen molar-refractivity contribution in [2.45, 2.75) is 6.54 Å². The fourth-order valence-electron chi connectivity index (χ4n) is 4.78. The number of methoxy groups -OCH3 is 1. The molecule has 1 aromatic heterocycles. The molecule has 6 heteroatoms. The first-order valence-electron chi connectivity index (χ1n) is 12.6. The zero-order valence-electron chi connectivity index (χ0n) is 21.1. The minimum absolute atomic E-state index is 0.0481. The third-order valence-corrected chi connectivity index (χ3v) is 7.67. The summed E-state index contributed by atoms with van der Waals surface area (Å²) < 4.78 is 7.53. The van der Waals surface area contributed by atoms with E-state index >= 15 is 0 Å². The average Bonchev–Trinajstić information content (AvgIpc) is 3.44. The molecule has 1 aliphatic rings. The van der Waals surface area contributed by atoms with Crippen molar-refractivity contribution < 1.29 is 9.53 Å². The van der Waals surface area contributed by atoms with Gasteiger partial charge in [0.15, 0.2) is 5.17 Å². The number of benzene rings is 4. The zero-order chi connectivity index (χ0) is 25.9. The summed E-state index contributed by atoms with van der Waals surface area (Å²) >= 11 is 1.41. The van der Waals surface area contributed by atoms with E-state index in [1.807, 2.05) is 42.5 Å². The number of aliphatic imine (C=N–C) groups is 1. The largest absolute Gasteiger partial charge is 0.383 e. The molecule has 5 aromatic rings. The number of carbonyl (C=O) groups is 1. The van der Waals surface area contributed by atoms with E-state index in [-0.39, 0.29) is 5.91 Å². The molecule has 0 atom stereocenters. The van der Waals surface area contributed by atoms with Crippen LogP contribution < -0.4 is 0 Å². The van der Waals surface area contributed by atoms with E-state index < -0.39 is 0 Å². The number of aromatic nitrogens is 1. The van der Waals surface area contributed by atoms with Gasteiger partial charge in [0.05, 0.1) is 23.7 Å². The molecule has 1 fully saturated rings. The first kappa shape index (κ1) is 24.2. The van der Waals surface area contributed by atoms with Gasteiger partial charge in [0.1, 0.15) is 0 Å². The third kappa shape index (κ3) is 4.88. The molecule has 0 spiro atoms. The van der Waals surface area contributed by atoms with Crippen LogP contribution in [0.3, 0.4) is 0 Å². The third-order valence-electron chi connectivity index (χ3n) is 6.66. The molecular weight excluding hydrogens is 490 g/mol. The van der Waals surface area contributed by atoms with Gasteiger partial charge in [-0.1, -0.05) is 72.8 Å². The normalized spacial score (nSPS) is 15.9. The summed E-state index contributed by atoms with van der Waals surface area (Å²) in [7, 11) is 1.64. The fraction of sp³-hybridized carbons (Fsp3) is 0.125. The SMILES string of the molecule is COCCN1C(=O)/C(=C\c2cn(Cc3ccc4ccccc4c3)c3ccccc23)SC1=Nc1ccccc1. The number of amides is 1. The van der Waals surface area contributed by atoms with Crippen molar-refractivity contribution in [2.24, 2.45) is 4.99 Å². The number of hydrogen-bond donors (Lipinski definition) is 0. The van der Waals surface area contributed by atoms with E-state index in [0.29, 0.717) is 23.2 Å². The minimum Gasteiger partial charge on any atom is -0.383 e. The zero-order valence-corrected chi connectivity index (χ0v) is 21.9. The summed E-state index contributed by atoms with van der Waals surface area (Å²) in [4.78, 5) is 20.6. The second kappa shape index (κ2) is 10.7. The highest BCUT2D eigenvalue weighted by molar-refractivity contribution is 8.18. The number of rotatable bonds is 7. The predicted molar refractivity (Wildman–Crippen MR) is 158 cm³/mol. The maximum atomic E-state index is 13.5. The summed E-state index contributed by atoms with van der Waals surface area (Å²) in [6.07, 6.45) is 4.14. The van der Waals surface area contributed by atoms with E-state index in [4.69, 9.17) is 9.73 Å². The van der Waals surface area contributed by atoms with Crippen LogP contribution >= 0.6 is 11.8 Å². The lowest BCUT2D eigenvalue weighted by Gasteiger charge is -2.14. The standard InChI is InChI=1S/C32H27N3O2S/c1-37-18-17-35-31(36)30(38-32(35)33-27-11-3-2-4-12-27)20-26-22-34(29-14-8-7-13-28(26)29)21-23-15-16-24-9-5-6-10-25(24)19-23/h2-16,19-20,22H,17-18,21H2,1H3/b30-20+,33-32?. The van der Waals surface area contributed by atoms with Gasteiger partial charge in [-0.3, -0.25) is 9.69 Å². The van der Waals surface area contributed by atoms with Crippen molar-refractivity contribution in [1.82, 2.24) is 9.47 Å². The first-order valence-corrected chi connectivity index (χ1v) is 13.4. The van der Waals surface area contributed by atoms with E-state index in [1.165, 1.54) is 28.1 Å². The Labute approximate surface area is 226 Å². The molecule has 1 aliphatic heterocycles. The highest BCUT2D eigenvalue weighted by Gasteiger charge is 2.33. The first-order chi connectivity index (χ1) is 18.7. The Morgan fingerprint density at radius 3 is 2.50 bits per heavy atom. The summed E-state index contributed by atoms with van der Waals surface area (Å²) in [5.74, 6) is -0.0481. The molecule has 0 bridgehead atoms. The molecule has 2 heterocycles. The molecule has 0 saturated carbocycles. The molecule has 1 saturated heterocycles. The van der Waals surface area contributed by atoms with Gasteiger partial charge in [-0.15, -0.1) is 0 Å². The molecular formula is C32H27N3O2S. The lowest BCUT2D eigenvalue weighted by Crippen LogP contribution is -2.32. The maximum Gasteiger partial charge on any atom is 0.266 e. The van der Waals surface area contributed by atoms with Gasteiger partial charge < -0.3 is 9.30 Å². The number of nitrogens with zero attached hydrogens (tertiary/aromatic N) is 3. The van der Waals surface area contributed by atoms with Crippen LogP contribution in [0, 0.1) is 0 Å². The number of amidine groups is 1. The summed E-state index contributed by atoms with van der Waals surface area (Å²) in [6.45, 7) is 1.64. The molecule has 0 aliphatic carbocycles. The quantitative estimate of drug-likeness (QED) is 0.217. The molecule has 38 heavy (non-hydrogen) atoms. The van der Waals surface area contributed by atoms with Gasteiger partial charge in [0, 0.05) is 36.3 Å². The molecule has 0 N–H and O–H groups in total. The number of carbonyl (C=O) groups excluding carboxylic acids is 1. The van der Waals surface area contributed by atoms with Gasteiger partial charge >= 0.3 is 0 Å². The van der Waals surface area contributed by atoms with Crippen LogP contribution in [0.15, 0.2) is 113 Å². The highest BCUT2D eigenvalue weighted by atomic mass is 32.2. The number of para-hydroxylation sites is 2. The maximum absolute atomic E-state index is 13.5. The van der Waals surface area contributed by atoms with E-state index in [0.717, 1.165) is 28.7 Å². The van der Waals surface area contributed by atoms with Gasteiger partial charge in [-0.25, -0.2) is 4.99 Å². The van der Waals surface area contributed by atoms with Crippen LogP contribution in [0.2, 0.25) is 0 Å². The van der Waals surface area contributed by atoms with Crippen LogP contribution in [0.4, 0.5) is 5.69 Å². The lowest BCUT2D eigenvalue weighted by molar-refractivity contribution is -0.122. The van der Waals surface area contributed by atoms with Crippen LogP contribution in [-0.2, 0) is 16.1 Å². The van der Waals surface area contributed by atoms with Crippen molar-refractivity contribution in [3.05, 3.63) is 119 Å². The smallest absolute Gasteiger partial charge is 0.266 e.